The van der Waals surface area contributed by atoms with E-state index in [-0.39, 0.29) is 6.04 Å². The minimum atomic E-state index is -0.266. The van der Waals surface area contributed by atoms with Crippen molar-refractivity contribution in [2.75, 3.05) is 40.4 Å². The third-order valence-electron chi connectivity index (χ3n) is 6.73. The van der Waals surface area contributed by atoms with Crippen molar-refractivity contribution in [3.05, 3.63) is 83.9 Å². The van der Waals surface area contributed by atoms with E-state index in [2.05, 4.69) is 40.1 Å². The van der Waals surface area contributed by atoms with E-state index in [4.69, 9.17) is 13.9 Å². The topological polar surface area (TPSA) is 55.2 Å². The zero-order valence-electron chi connectivity index (χ0n) is 20.1. The Morgan fingerprint density at radius 2 is 1.66 bits per heavy atom. The van der Waals surface area contributed by atoms with Crippen LogP contribution in [0.2, 0.25) is 0 Å². The fourth-order valence-electron chi connectivity index (χ4n) is 4.79. The number of carbonyl (C=O) groups is 1. The highest BCUT2D eigenvalue weighted by Crippen LogP contribution is 2.35. The number of fused-ring (bicyclic) bond motifs is 1. The third-order valence-corrected chi connectivity index (χ3v) is 6.73. The van der Waals surface area contributed by atoms with Crippen molar-refractivity contribution in [3.63, 3.8) is 0 Å². The molecular formula is C29H30N2O4. The van der Waals surface area contributed by atoms with Crippen molar-refractivity contribution in [1.82, 2.24) is 9.80 Å². The smallest absolute Gasteiger partial charge is 0.161 e. The molecule has 0 aliphatic carbocycles. The summed E-state index contributed by atoms with van der Waals surface area (Å²) in [5, 5.41) is 0.974. The van der Waals surface area contributed by atoms with Crippen LogP contribution in [0.1, 0.15) is 17.2 Å². The van der Waals surface area contributed by atoms with Crippen LogP contribution in [0, 0.1) is 0 Å². The molecule has 0 radical (unpaired) electrons. The molecular weight excluding hydrogens is 440 g/mol. The van der Waals surface area contributed by atoms with Crippen LogP contribution in [-0.2, 0) is 11.3 Å². The van der Waals surface area contributed by atoms with E-state index in [1.165, 1.54) is 5.56 Å². The standard InChI is InChI=1S/C29H30N2O4/c1-33-27-11-9-23(17-29(27)34-2)28-18-24-16-22(8-10-26(24)35-28)25(20-32)31-14-12-30(13-15-31)19-21-6-4-3-5-7-21/h3-11,16-18,20,25H,12-15,19H2,1-2H3. The fourth-order valence-corrected chi connectivity index (χ4v) is 4.79. The van der Waals surface area contributed by atoms with Crippen molar-refractivity contribution in [2.24, 2.45) is 0 Å². The van der Waals surface area contributed by atoms with Crippen molar-refractivity contribution >= 4 is 17.3 Å². The number of hydrogen-bond acceptors (Lipinski definition) is 6. The lowest BCUT2D eigenvalue weighted by Crippen LogP contribution is -2.47. The van der Waals surface area contributed by atoms with Gasteiger partial charge < -0.3 is 18.7 Å². The van der Waals surface area contributed by atoms with E-state index in [9.17, 15) is 4.79 Å². The van der Waals surface area contributed by atoms with Gasteiger partial charge in [-0.15, -0.1) is 0 Å². The summed E-state index contributed by atoms with van der Waals surface area (Å²) in [5.41, 5.74) is 4.00. The van der Waals surface area contributed by atoms with Crippen molar-refractivity contribution in [1.29, 1.82) is 0 Å². The van der Waals surface area contributed by atoms with Crippen LogP contribution >= 0.6 is 0 Å². The average Bonchev–Trinajstić information content (AvgIpc) is 3.34. The first kappa shape index (κ1) is 23.1. The molecule has 2 heterocycles. The molecule has 180 valence electrons. The number of hydrogen-bond donors (Lipinski definition) is 0. The number of piperazine rings is 1. The molecule has 35 heavy (non-hydrogen) atoms. The molecule has 3 aromatic carbocycles. The van der Waals surface area contributed by atoms with Gasteiger partial charge in [0.1, 0.15) is 17.6 Å². The lowest BCUT2D eigenvalue weighted by molar-refractivity contribution is -0.113. The Balaban J connectivity index is 1.31. The van der Waals surface area contributed by atoms with E-state index in [0.717, 1.165) is 66.9 Å². The molecule has 5 rings (SSSR count). The zero-order chi connectivity index (χ0) is 24.2. The molecule has 1 aliphatic heterocycles. The van der Waals surface area contributed by atoms with E-state index >= 15 is 0 Å². The Kier molecular flexibility index (Phi) is 6.84. The van der Waals surface area contributed by atoms with Crippen LogP contribution in [-0.4, -0.2) is 56.5 Å². The van der Waals surface area contributed by atoms with Crippen LogP contribution < -0.4 is 9.47 Å². The molecule has 1 aromatic heterocycles. The summed E-state index contributed by atoms with van der Waals surface area (Å²) in [6.07, 6.45) is 1.06. The Morgan fingerprint density at radius 3 is 2.37 bits per heavy atom. The van der Waals surface area contributed by atoms with Crippen LogP contribution in [0.4, 0.5) is 0 Å². The first-order valence-corrected chi connectivity index (χ1v) is 11.9. The van der Waals surface area contributed by atoms with E-state index in [1.807, 2.05) is 42.5 Å². The van der Waals surface area contributed by atoms with E-state index < -0.39 is 0 Å². The van der Waals surface area contributed by atoms with Crippen molar-refractivity contribution in [2.45, 2.75) is 12.6 Å². The molecule has 4 aromatic rings. The van der Waals surface area contributed by atoms with Gasteiger partial charge in [-0.05, 0) is 47.5 Å². The average molecular weight is 471 g/mol. The molecule has 0 spiro atoms. The van der Waals surface area contributed by atoms with Gasteiger partial charge in [0.05, 0.1) is 20.3 Å². The predicted molar refractivity (Wildman–Crippen MR) is 137 cm³/mol. The molecule has 0 bridgehead atoms. The van der Waals surface area contributed by atoms with Gasteiger partial charge in [0.2, 0.25) is 0 Å². The molecule has 1 fully saturated rings. The summed E-state index contributed by atoms with van der Waals surface area (Å²) in [4.78, 5) is 16.9. The number of methoxy groups -OCH3 is 2. The Morgan fingerprint density at radius 1 is 0.886 bits per heavy atom. The molecule has 0 amide bonds. The SMILES string of the molecule is COc1ccc(-c2cc3cc(C(C=O)N4CCN(Cc5ccccc5)CC4)ccc3o2)cc1OC. The highest BCUT2D eigenvalue weighted by atomic mass is 16.5. The maximum absolute atomic E-state index is 12.2. The lowest BCUT2D eigenvalue weighted by atomic mass is 10.0. The number of carbonyl (C=O) groups excluding carboxylic acids is 1. The number of aldehydes is 1. The van der Waals surface area contributed by atoms with Gasteiger partial charge in [-0.1, -0.05) is 36.4 Å². The maximum atomic E-state index is 12.2. The lowest BCUT2D eigenvalue weighted by Gasteiger charge is -2.37. The second kappa shape index (κ2) is 10.3. The molecule has 1 saturated heterocycles. The number of furan rings is 1. The first-order chi connectivity index (χ1) is 17.2. The monoisotopic (exact) mass is 470 g/mol. The summed E-state index contributed by atoms with van der Waals surface area (Å²) >= 11 is 0. The minimum absolute atomic E-state index is 0.266. The number of ether oxygens (including phenoxy) is 2. The molecule has 6 nitrogen and oxygen atoms in total. The highest BCUT2D eigenvalue weighted by Gasteiger charge is 2.25. The first-order valence-electron chi connectivity index (χ1n) is 11.9. The maximum Gasteiger partial charge on any atom is 0.161 e. The van der Waals surface area contributed by atoms with Gasteiger partial charge in [-0.2, -0.15) is 0 Å². The number of benzene rings is 3. The summed E-state index contributed by atoms with van der Waals surface area (Å²) < 4.78 is 16.9. The van der Waals surface area contributed by atoms with E-state index in [0.29, 0.717) is 11.5 Å². The zero-order valence-corrected chi connectivity index (χ0v) is 20.1. The summed E-state index contributed by atoms with van der Waals surface area (Å²) in [5.74, 6) is 2.07. The fraction of sp³-hybridized carbons (Fsp3) is 0.276. The van der Waals surface area contributed by atoms with Gasteiger partial charge in [-0.25, -0.2) is 0 Å². The van der Waals surface area contributed by atoms with Crippen LogP contribution in [0.3, 0.4) is 0 Å². The third kappa shape index (κ3) is 4.94. The van der Waals surface area contributed by atoms with Gasteiger partial charge in [-0.3, -0.25) is 9.80 Å². The largest absolute Gasteiger partial charge is 0.493 e. The molecule has 0 saturated carbocycles. The summed E-state index contributed by atoms with van der Waals surface area (Å²) in [7, 11) is 3.24. The van der Waals surface area contributed by atoms with Crippen molar-refractivity contribution in [3.8, 4) is 22.8 Å². The molecule has 6 heteroatoms. The highest BCUT2D eigenvalue weighted by molar-refractivity contribution is 5.84. The second-order valence-corrected chi connectivity index (χ2v) is 8.86. The van der Waals surface area contributed by atoms with Crippen LogP contribution in [0.5, 0.6) is 11.5 Å². The Bertz CT molecular complexity index is 1290. The summed E-state index contributed by atoms with van der Waals surface area (Å²) in [6, 6.07) is 24.0. The Hall–Kier alpha value is -3.61. The predicted octanol–water partition coefficient (Wildman–Crippen LogP) is 5.17. The summed E-state index contributed by atoms with van der Waals surface area (Å²) in [6.45, 7) is 4.54. The van der Waals surface area contributed by atoms with Crippen LogP contribution in [0.25, 0.3) is 22.3 Å². The second-order valence-electron chi connectivity index (χ2n) is 8.86. The van der Waals surface area contributed by atoms with E-state index in [1.54, 1.807) is 14.2 Å². The quantitative estimate of drug-likeness (QED) is 0.331. The normalized spacial score (nSPS) is 15.7. The number of nitrogens with zero attached hydrogens (tertiary/aromatic N) is 2. The van der Waals surface area contributed by atoms with Gasteiger partial charge in [0.15, 0.2) is 11.5 Å². The number of rotatable bonds is 8. The van der Waals surface area contributed by atoms with Gasteiger partial charge in [0, 0.05) is 43.7 Å². The van der Waals surface area contributed by atoms with Crippen LogP contribution in [0.15, 0.2) is 77.2 Å². The Labute approximate surface area is 205 Å². The van der Waals surface area contributed by atoms with Gasteiger partial charge >= 0.3 is 0 Å². The molecule has 1 unspecified atom stereocenters. The van der Waals surface area contributed by atoms with Crippen molar-refractivity contribution < 1.29 is 18.7 Å². The molecule has 1 aliphatic rings. The molecule has 0 N–H and O–H groups in total. The molecule has 1 atom stereocenters. The minimum Gasteiger partial charge on any atom is -0.493 e. The van der Waals surface area contributed by atoms with Gasteiger partial charge in [0.25, 0.3) is 0 Å².